The Labute approximate surface area is 96.6 Å². The van der Waals surface area contributed by atoms with E-state index in [1.165, 1.54) is 6.33 Å². The molecule has 2 heterocycles. The zero-order valence-corrected chi connectivity index (χ0v) is 9.59. The zero-order valence-electron chi connectivity index (χ0n) is 8.77. The molecule has 4 nitrogen and oxygen atoms in total. The van der Waals surface area contributed by atoms with Gasteiger partial charge in [0.2, 0.25) is 0 Å². The van der Waals surface area contributed by atoms with Gasteiger partial charge in [-0.3, -0.25) is 0 Å². The van der Waals surface area contributed by atoms with Crippen LogP contribution in [0.25, 0.3) is 0 Å². The van der Waals surface area contributed by atoms with Crippen molar-refractivity contribution in [3.63, 3.8) is 0 Å². The number of thiazole rings is 1. The second-order valence-electron chi connectivity index (χ2n) is 3.28. The number of nitrogens with one attached hydrogen (secondary N) is 1. The average Bonchev–Trinajstić information content (AvgIpc) is 2.77. The van der Waals surface area contributed by atoms with Crippen LogP contribution >= 0.6 is 11.3 Å². The number of halogens is 1. The molecule has 1 N–H and O–H groups in total. The molecule has 84 valence electrons. The van der Waals surface area contributed by atoms with E-state index < -0.39 is 0 Å². The maximum Gasteiger partial charge on any atom is 0.186 e. The fraction of sp³-hybridized carbons (Fsp3) is 0.300. The van der Waals surface area contributed by atoms with Crippen LogP contribution in [0.5, 0.6) is 0 Å². The lowest BCUT2D eigenvalue weighted by Crippen LogP contribution is -2.09. The zero-order chi connectivity index (χ0) is 11.4. The SMILES string of the molecule is Cc1ncnc(NCCc2cscn2)c1F. The molecule has 0 aliphatic rings. The standard InChI is InChI=1S/C10H11FN4S/c1-7-9(11)10(14-5-13-7)12-3-2-8-4-16-6-15-8/h4-6H,2-3H2,1H3,(H,12,13,14). The molecular weight excluding hydrogens is 227 g/mol. The molecule has 2 aromatic heterocycles. The highest BCUT2D eigenvalue weighted by atomic mass is 32.1. The highest BCUT2D eigenvalue weighted by molar-refractivity contribution is 7.07. The van der Waals surface area contributed by atoms with Gasteiger partial charge in [-0.25, -0.2) is 19.3 Å². The van der Waals surface area contributed by atoms with Crippen LogP contribution in [-0.2, 0) is 6.42 Å². The summed E-state index contributed by atoms with van der Waals surface area (Å²) in [6.45, 7) is 2.22. The number of hydrogen-bond acceptors (Lipinski definition) is 5. The van der Waals surface area contributed by atoms with E-state index >= 15 is 0 Å². The third kappa shape index (κ3) is 2.52. The van der Waals surface area contributed by atoms with Crippen LogP contribution in [0.2, 0.25) is 0 Å². The quantitative estimate of drug-likeness (QED) is 0.885. The molecule has 0 fully saturated rings. The molecule has 2 rings (SSSR count). The molecule has 0 spiro atoms. The Bertz CT molecular complexity index is 458. The van der Waals surface area contributed by atoms with Crippen molar-refractivity contribution in [2.75, 3.05) is 11.9 Å². The lowest BCUT2D eigenvalue weighted by molar-refractivity contribution is 0.604. The Hall–Kier alpha value is -1.56. The highest BCUT2D eigenvalue weighted by Crippen LogP contribution is 2.11. The van der Waals surface area contributed by atoms with Crippen molar-refractivity contribution in [2.24, 2.45) is 0 Å². The van der Waals surface area contributed by atoms with E-state index in [9.17, 15) is 4.39 Å². The van der Waals surface area contributed by atoms with Gasteiger partial charge >= 0.3 is 0 Å². The van der Waals surface area contributed by atoms with Gasteiger partial charge in [-0.1, -0.05) is 0 Å². The largest absolute Gasteiger partial charge is 0.367 e. The van der Waals surface area contributed by atoms with E-state index in [0.29, 0.717) is 12.2 Å². The molecule has 0 radical (unpaired) electrons. The van der Waals surface area contributed by atoms with Crippen LogP contribution in [0.15, 0.2) is 17.2 Å². The topological polar surface area (TPSA) is 50.7 Å². The Kier molecular flexibility index (Phi) is 3.40. The molecular formula is C10H11FN4S. The van der Waals surface area contributed by atoms with Crippen molar-refractivity contribution < 1.29 is 4.39 Å². The first kappa shape index (κ1) is 10.9. The summed E-state index contributed by atoms with van der Waals surface area (Å²) >= 11 is 1.55. The summed E-state index contributed by atoms with van der Waals surface area (Å²) in [5, 5.41) is 4.91. The Morgan fingerprint density at radius 3 is 3.00 bits per heavy atom. The van der Waals surface area contributed by atoms with Gasteiger partial charge in [0.25, 0.3) is 0 Å². The Balaban J connectivity index is 1.92. The van der Waals surface area contributed by atoms with Crippen molar-refractivity contribution in [1.82, 2.24) is 15.0 Å². The fourth-order valence-electron chi connectivity index (χ4n) is 1.25. The molecule has 0 saturated carbocycles. The molecule has 0 unspecified atom stereocenters. The number of rotatable bonds is 4. The second-order valence-corrected chi connectivity index (χ2v) is 4.00. The summed E-state index contributed by atoms with van der Waals surface area (Å²) in [5.74, 6) is -0.136. The van der Waals surface area contributed by atoms with Gasteiger partial charge in [-0.2, -0.15) is 0 Å². The number of hydrogen-bond donors (Lipinski definition) is 1. The van der Waals surface area contributed by atoms with Crippen LogP contribution in [0.4, 0.5) is 10.2 Å². The molecule has 2 aromatic rings. The Morgan fingerprint density at radius 2 is 2.25 bits per heavy atom. The van der Waals surface area contributed by atoms with Gasteiger partial charge < -0.3 is 5.32 Å². The maximum atomic E-state index is 13.5. The predicted molar refractivity (Wildman–Crippen MR) is 61.0 cm³/mol. The lowest BCUT2D eigenvalue weighted by atomic mass is 10.3. The van der Waals surface area contributed by atoms with Crippen LogP contribution < -0.4 is 5.32 Å². The minimum Gasteiger partial charge on any atom is -0.367 e. The molecule has 0 saturated heterocycles. The summed E-state index contributed by atoms with van der Waals surface area (Å²) in [7, 11) is 0. The molecule has 16 heavy (non-hydrogen) atoms. The van der Waals surface area contributed by atoms with E-state index in [4.69, 9.17) is 0 Å². The minimum atomic E-state index is -0.388. The predicted octanol–water partition coefficient (Wildman–Crippen LogP) is 2.04. The number of aryl methyl sites for hydroxylation is 1. The summed E-state index contributed by atoms with van der Waals surface area (Å²) in [6.07, 6.45) is 2.11. The molecule has 0 amide bonds. The molecule has 0 aromatic carbocycles. The van der Waals surface area contributed by atoms with Gasteiger partial charge in [-0.15, -0.1) is 11.3 Å². The van der Waals surface area contributed by atoms with E-state index in [0.717, 1.165) is 12.1 Å². The summed E-state index contributed by atoms with van der Waals surface area (Å²) in [5.41, 5.74) is 3.14. The lowest BCUT2D eigenvalue weighted by Gasteiger charge is -2.05. The third-order valence-electron chi connectivity index (χ3n) is 2.12. The summed E-state index contributed by atoms with van der Waals surface area (Å²) < 4.78 is 13.5. The second kappa shape index (κ2) is 4.98. The first-order valence-electron chi connectivity index (χ1n) is 4.85. The fourth-order valence-corrected chi connectivity index (χ4v) is 1.84. The minimum absolute atomic E-state index is 0.253. The molecule has 0 aliphatic heterocycles. The van der Waals surface area contributed by atoms with Crippen molar-refractivity contribution in [2.45, 2.75) is 13.3 Å². The molecule has 0 bridgehead atoms. The number of nitrogens with zero attached hydrogens (tertiary/aromatic N) is 3. The molecule has 0 atom stereocenters. The summed E-state index contributed by atoms with van der Waals surface area (Å²) in [4.78, 5) is 11.7. The highest BCUT2D eigenvalue weighted by Gasteiger charge is 2.06. The summed E-state index contributed by atoms with van der Waals surface area (Å²) in [6, 6.07) is 0. The van der Waals surface area contributed by atoms with Gasteiger partial charge in [0, 0.05) is 18.3 Å². The average molecular weight is 238 g/mol. The normalized spacial score (nSPS) is 10.4. The Morgan fingerprint density at radius 1 is 1.38 bits per heavy atom. The van der Waals surface area contributed by atoms with Crippen molar-refractivity contribution in [3.05, 3.63) is 34.4 Å². The van der Waals surface area contributed by atoms with Gasteiger partial charge in [0.05, 0.1) is 16.9 Å². The smallest absolute Gasteiger partial charge is 0.186 e. The third-order valence-corrected chi connectivity index (χ3v) is 2.76. The van der Waals surface area contributed by atoms with Crippen molar-refractivity contribution in [1.29, 1.82) is 0 Å². The van der Waals surface area contributed by atoms with E-state index in [1.807, 2.05) is 5.38 Å². The first-order valence-corrected chi connectivity index (χ1v) is 5.79. The molecule has 0 aliphatic carbocycles. The van der Waals surface area contributed by atoms with Crippen molar-refractivity contribution >= 4 is 17.2 Å². The van der Waals surface area contributed by atoms with Crippen LogP contribution in [0.3, 0.4) is 0 Å². The van der Waals surface area contributed by atoms with E-state index in [2.05, 4.69) is 20.3 Å². The van der Waals surface area contributed by atoms with Gasteiger partial charge in [0.1, 0.15) is 6.33 Å². The van der Waals surface area contributed by atoms with E-state index in [-0.39, 0.29) is 11.6 Å². The molecule has 6 heteroatoms. The van der Waals surface area contributed by atoms with Crippen LogP contribution in [0, 0.1) is 12.7 Å². The monoisotopic (exact) mass is 238 g/mol. The van der Waals surface area contributed by atoms with E-state index in [1.54, 1.807) is 23.8 Å². The number of anilines is 1. The maximum absolute atomic E-state index is 13.5. The van der Waals surface area contributed by atoms with Gasteiger partial charge in [-0.05, 0) is 6.92 Å². The van der Waals surface area contributed by atoms with Crippen LogP contribution in [-0.4, -0.2) is 21.5 Å². The van der Waals surface area contributed by atoms with Gasteiger partial charge in [0.15, 0.2) is 11.6 Å². The van der Waals surface area contributed by atoms with Crippen LogP contribution in [0.1, 0.15) is 11.4 Å². The van der Waals surface area contributed by atoms with Crippen molar-refractivity contribution in [3.8, 4) is 0 Å². The first-order chi connectivity index (χ1) is 7.77. The number of aromatic nitrogens is 3.